The van der Waals surface area contributed by atoms with Crippen LogP contribution in [-0.2, 0) is 25.6 Å². The molecule has 1 aromatic carbocycles. The Morgan fingerprint density at radius 1 is 1.30 bits per heavy atom. The highest BCUT2D eigenvalue weighted by molar-refractivity contribution is 5.95. The highest BCUT2D eigenvalue weighted by Crippen LogP contribution is 2.15. The third-order valence-corrected chi connectivity index (χ3v) is 2.95. The summed E-state index contributed by atoms with van der Waals surface area (Å²) in [6.07, 6.45) is 0.571. The Morgan fingerprint density at radius 3 is 2.60 bits per heavy atom. The minimum atomic E-state index is -0.945. The van der Waals surface area contributed by atoms with E-state index in [1.165, 1.54) is 6.92 Å². The largest absolute Gasteiger partial charge is 0.451 e. The monoisotopic (exact) mass is 277 g/mol. The number of hydrogen-bond acceptors (Lipinski definition) is 5. The number of aryl methyl sites for hydroxylation is 1. The minimum Gasteiger partial charge on any atom is -0.372 e. The van der Waals surface area contributed by atoms with Gasteiger partial charge in [0.1, 0.15) is 0 Å². The SMILES string of the molecule is C[C@H]1C(=O)OC(=O)N1OC(=O)CCCc1ccccc1. The third kappa shape index (κ3) is 3.34. The average molecular weight is 277 g/mol. The number of ether oxygens (including phenoxy) is 1. The zero-order valence-corrected chi connectivity index (χ0v) is 11.1. The molecule has 6 heteroatoms. The van der Waals surface area contributed by atoms with Crippen LogP contribution in [0.4, 0.5) is 4.79 Å². The predicted molar refractivity (Wildman–Crippen MR) is 68.3 cm³/mol. The van der Waals surface area contributed by atoms with E-state index in [1.807, 2.05) is 30.3 Å². The summed E-state index contributed by atoms with van der Waals surface area (Å²) in [5.74, 6) is -1.27. The van der Waals surface area contributed by atoms with Crippen molar-refractivity contribution >= 4 is 18.0 Å². The van der Waals surface area contributed by atoms with Crippen LogP contribution in [0.25, 0.3) is 0 Å². The molecule has 0 spiro atoms. The summed E-state index contributed by atoms with van der Waals surface area (Å²) in [5, 5.41) is 0.674. The first-order valence-corrected chi connectivity index (χ1v) is 6.37. The van der Waals surface area contributed by atoms with Crippen molar-refractivity contribution in [2.24, 2.45) is 0 Å². The Morgan fingerprint density at radius 2 is 2.00 bits per heavy atom. The van der Waals surface area contributed by atoms with E-state index in [2.05, 4.69) is 4.74 Å². The molecule has 1 aromatic rings. The van der Waals surface area contributed by atoms with Gasteiger partial charge in [-0.15, -0.1) is 5.06 Å². The molecule has 2 rings (SSSR count). The van der Waals surface area contributed by atoms with Crippen molar-refractivity contribution in [3.63, 3.8) is 0 Å². The van der Waals surface area contributed by atoms with Crippen molar-refractivity contribution in [1.29, 1.82) is 0 Å². The summed E-state index contributed by atoms with van der Waals surface area (Å²) >= 11 is 0. The molecule has 1 heterocycles. The van der Waals surface area contributed by atoms with E-state index in [-0.39, 0.29) is 6.42 Å². The topological polar surface area (TPSA) is 72.9 Å². The number of rotatable bonds is 5. The van der Waals surface area contributed by atoms with Crippen LogP contribution in [0.15, 0.2) is 30.3 Å². The van der Waals surface area contributed by atoms with Gasteiger partial charge in [-0.1, -0.05) is 30.3 Å². The van der Waals surface area contributed by atoms with Crippen LogP contribution >= 0.6 is 0 Å². The number of carbonyl (C=O) groups excluding carboxylic acids is 3. The summed E-state index contributed by atoms with van der Waals surface area (Å²) < 4.78 is 4.33. The molecular formula is C14H15NO5. The quantitative estimate of drug-likeness (QED) is 0.606. The van der Waals surface area contributed by atoms with E-state index in [0.717, 1.165) is 12.0 Å². The molecule has 0 saturated carbocycles. The van der Waals surface area contributed by atoms with Gasteiger partial charge in [-0.3, -0.25) is 0 Å². The van der Waals surface area contributed by atoms with E-state index in [0.29, 0.717) is 11.5 Å². The molecule has 0 aliphatic carbocycles. The fourth-order valence-corrected chi connectivity index (χ4v) is 1.82. The number of esters is 1. The smallest absolute Gasteiger partial charge is 0.372 e. The second kappa shape index (κ2) is 6.18. The maximum atomic E-state index is 11.6. The molecular weight excluding hydrogens is 262 g/mol. The van der Waals surface area contributed by atoms with Crippen LogP contribution in [0.5, 0.6) is 0 Å². The molecule has 0 bridgehead atoms. The number of nitrogens with zero attached hydrogens (tertiary/aromatic N) is 1. The Balaban J connectivity index is 1.76. The third-order valence-electron chi connectivity index (χ3n) is 2.95. The van der Waals surface area contributed by atoms with E-state index in [1.54, 1.807) is 0 Å². The van der Waals surface area contributed by atoms with Crippen LogP contribution in [0.1, 0.15) is 25.3 Å². The second-order valence-corrected chi connectivity index (χ2v) is 4.49. The maximum absolute atomic E-state index is 11.6. The highest BCUT2D eigenvalue weighted by atomic mass is 16.8. The molecule has 1 atom stereocenters. The van der Waals surface area contributed by atoms with Gasteiger partial charge < -0.3 is 9.57 Å². The fraction of sp³-hybridized carbons (Fsp3) is 0.357. The lowest BCUT2D eigenvalue weighted by molar-refractivity contribution is -0.180. The average Bonchev–Trinajstić information content (AvgIpc) is 2.67. The van der Waals surface area contributed by atoms with E-state index in [4.69, 9.17) is 4.84 Å². The minimum absolute atomic E-state index is 0.166. The number of hydrogen-bond donors (Lipinski definition) is 0. The summed E-state index contributed by atoms with van der Waals surface area (Å²) in [7, 11) is 0. The van der Waals surface area contributed by atoms with Crippen molar-refractivity contribution < 1.29 is 24.0 Å². The van der Waals surface area contributed by atoms with Gasteiger partial charge in [-0.2, -0.15) is 0 Å². The summed E-state index contributed by atoms with van der Waals surface area (Å²) in [5.41, 5.74) is 1.13. The zero-order chi connectivity index (χ0) is 14.5. The Labute approximate surface area is 116 Å². The van der Waals surface area contributed by atoms with Crippen molar-refractivity contribution in [2.45, 2.75) is 32.2 Å². The summed E-state index contributed by atoms with van der Waals surface area (Å²) in [4.78, 5) is 38.8. The van der Waals surface area contributed by atoms with Gasteiger partial charge in [0.25, 0.3) is 0 Å². The molecule has 1 saturated heterocycles. The van der Waals surface area contributed by atoms with Crippen LogP contribution in [0.2, 0.25) is 0 Å². The first-order chi connectivity index (χ1) is 9.58. The lowest BCUT2D eigenvalue weighted by atomic mass is 10.1. The van der Waals surface area contributed by atoms with Gasteiger partial charge in [-0.25, -0.2) is 14.4 Å². The molecule has 20 heavy (non-hydrogen) atoms. The Hall–Kier alpha value is -2.37. The van der Waals surface area contributed by atoms with E-state index < -0.39 is 24.1 Å². The summed E-state index contributed by atoms with van der Waals surface area (Å²) in [6.45, 7) is 1.44. The first-order valence-electron chi connectivity index (χ1n) is 6.37. The van der Waals surface area contributed by atoms with Gasteiger partial charge in [0.2, 0.25) is 0 Å². The molecule has 1 amide bonds. The molecule has 0 aromatic heterocycles. The van der Waals surface area contributed by atoms with Gasteiger partial charge in [0.05, 0.1) is 0 Å². The van der Waals surface area contributed by atoms with Crippen LogP contribution in [0.3, 0.4) is 0 Å². The number of benzene rings is 1. The van der Waals surface area contributed by atoms with E-state index >= 15 is 0 Å². The zero-order valence-electron chi connectivity index (χ0n) is 11.1. The summed E-state index contributed by atoms with van der Waals surface area (Å²) in [6, 6.07) is 8.85. The van der Waals surface area contributed by atoms with Crippen LogP contribution < -0.4 is 0 Å². The number of hydroxylamine groups is 2. The highest BCUT2D eigenvalue weighted by Gasteiger charge is 2.41. The van der Waals surface area contributed by atoms with E-state index in [9.17, 15) is 14.4 Å². The van der Waals surface area contributed by atoms with Crippen LogP contribution in [-0.4, -0.2) is 29.1 Å². The van der Waals surface area contributed by atoms with Gasteiger partial charge >= 0.3 is 18.0 Å². The van der Waals surface area contributed by atoms with Gasteiger partial charge in [-0.05, 0) is 25.3 Å². The lowest BCUT2D eigenvalue weighted by Crippen LogP contribution is -2.34. The number of carbonyl (C=O) groups is 3. The fourth-order valence-electron chi connectivity index (χ4n) is 1.82. The van der Waals surface area contributed by atoms with Gasteiger partial charge in [0.15, 0.2) is 6.04 Å². The normalized spacial score (nSPS) is 18.1. The van der Waals surface area contributed by atoms with Crippen molar-refractivity contribution in [3.8, 4) is 0 Å². The molecule has 6 nitrogen and oxygen atoms in total. The lowest BCUT2D eigenvalue weighted by Gasteiger charge is -2.14. The molecule has 1 aliphatic rings. The van der Waals surface area contributed by atoms with Crippen molar-refractivity contribution in [1.82, 2.24) is 5.06 Å². The van der Waals surface area contributed by atoms with Crippen LogP contribution in [0, 0.1) is 0 Å². The van der Waals surface area contributed by atoms with Crippen molar-refractivity contribution in [3.05, 3.63) is 35.9 Å². The molecule has 1 fully saturated rings. The molecule has 106 valence electrons. The number of amides is 1. The predicted octanol–water partition coefficient (Wildman–Crippen LogP) is 1.83. The second-order valence-electron chi connectivity index (χ2n) is 4.49. The van der Waals surface area contributed by atoms with Crippen molar-refractivity contribution in [2.75, 3.05) is 0 Å². The molecule has 0 radical (unpaired) electrons. The Kier molecular flexibility index (Phi) is 4.34. The standard InChI is InChI=1S/C14H15NO5/c1-10-13(17)19-14(18)15(10)20-12(16)9-5-8-11-6-3-2-4-7-11/h2-4,6-7,10H,5,8-9H2,1H3/t10-/m0/s1. The maximum Gasteiger partial charge on any atom is 0.451 e. The molecule has 1 aliphatic heterocycles. The number of cyclic esters (lactones) is 2. The molecule has 0 N–H and O–H groups in total. The Bertz CT molecular complexity index is 514. The first kappa shape index (κ1) is 14.0. The van der Waals surface area contributed by atoms with Gasteiger partial charge in [0, 0.05) is 6.42 Å². The molecule has 0 unspecified atom stereocenters.